The molecule has 0 radical (unpaired) electrons. The second-order valence-electron chi connectivity index (χ2n) is 8.04. The van der Waals surface area contributed by atoms with Gasteiger partial charge in [0.2, 0.25) is 11.8 Å². The monoisotopic (exact) mass is 435 g/mol. The maximum atomic E-state index is 13.0. The zero-order valence-electron chi connectivity index (χ0n) is 17.1. The summed E-state index contributed by atoms with van der Waals surface area (Å²) in [5, 5.41) is 2.78. The van der Waals surface area contributed by atoms with E-state index in [0.29, 0.717) is 50.6 Å². The van der Waals surface area contributed by atoms with E-state index in [-0.39, 0.29) is 24.9 Å². The van der Waals surface area contributed by atoms with E-state index in [4.69, 9.17) is 0 Å². The molecular formula is C20H29N5O4S. The van der Waals surface area contributed by atoms with Gasteiger partial charge >= 0.3 is 0 Å². The first kappa shape index (κ1) is 21.2. The van der Waals surface area contributed by atoms with E-state index in [2.05, 4.69) is 5.32 Å². The van der Waals surface area contributed by atoms with Gasteiger partial charge in [0, 0.05) is 39.3 Å². The summed E-state index contributed by atoms with van der Waals surface area (Å²) in [6.07, 6.45) is 4.00. The standard InChI is InChI=1S/C20H29N5O4S/c26-19-15-25(18-8-4-3-7-17(18)21-19)20(27)16-22-11-13-24(14-12-22)30(28,29)23-9-5-1-2-6-10-23/h3-4,7-8H,1-2,5-6,9-16H2,(H,21,26). The zero-order valence-corrected chi connectivity index (χ0v) is 17.9. The highest BCUT2D eigenvalue weighted by atomic mass is 32.2. The first-order chi connectivity index (χ1) is 14.4. The molecule has 10 heteroatoms. The van der Waals surface area contributed by atoms with Crippen LogP contribution in [0.2, 0.25) is 0 Å². The summed E-state index contributed by atoms with van der Waals surface area (Å²) in [7, 11) is -3.44. The van der Waals surface area contributed by atoms with Crippen molar-refractivity contribution >= 4 is 33.4 Å². The van der Waals surface area contributed by atoms with E-state index in [0.717, 1.165) is 25.7 Å². The Morgan fingerprint density at radius 3 is 2.23 bits per heavy atom. The molecule has 0 unspecified atom stereocenters. The number of piperazine rings is 1. The first-order valence-electron chi connectivity index (χ1n) is 10.6. The number of rotatable bonds is 4. The van der Waals surface area contributed by atoms with Crippen molar-refractivity contribution in [2.75, 3.05) is 62.6 Å². The summed E-state index contributed by atoms with van der Waals surface area (Å²) in [4.78, 5) is 28.3. The highest BCUT2D eigenvalue weighted by Gasteiger charge is 2.34. The number of nitrogens with zero attached hydrogens (tertiary/aromatic N) is 4. The van der Waals surface area contributed by atoms with E-state index < -0.39 is 10.2 Å². The molecule has 164 valence electrons. The molecule has 9 nitrogen and oxygen atoms in total. The second kappa shape index (κ2) is 9.01. The summed E-state index contributed by atoms with van der Waals surface area (Å²) in [5.74, 6) is -0.364. The molecule has 3 aliphatic heterocycles. The number of anilines is 2. The molecule has 1 aromatic carbocycles. The van der Waals surface area contributed by atoms with E-state index in [1.165, 1.54) is 4.90 Å². The third kappa shape index (κ3) is 4.51. The maximum Gasteiger partial charge on any atom is 0.282 e. The van der Waals surface area contributed by atoms with E-state index in [1.807, 2.05) is 23.1 Å². The Morgan fingerprint density at radius 2 is 1.53 bits per heavy atom. The topological polar surface area (TPSA) is 93.3 Å². The number of carbonyl (C=O) groups is 2. The van der Waals surface area contributed by atoms with Crippen molar-refractivity contribution in [2.45, 2.75) is 25.7 Å². The largest absolute Gasteiger partial charge is 0.323 e. The molecule has 0 aromatic heterocycles. The third-order valence-electron chi connectivity index (χ3n) is 5.98. The van der Waals surface area contributed by atoms with Gasteiger partial charge in [-0.2, -0.15) is 17.0 Å². The van der Waals surface area contributed by atoms with Crippen LogP contribution in [0, 0.1) is 0 Å². The van der Waals surface area contributed by atoms with Crippen LogP contribution in [0.5, 0.6) is 0 Å². The van der Waals surface area contributed by atoms with Crippen LogP contribution in [0.3, 0.4) is 0 Å². The van der Waals surface area contributed by atoms with Crippen LogP contribution in [-0.4, -0.2) is 86.1 Å². The van der Waals surface area contributed by atoms with Crippen LogP contribution in [-0.2, 0) is 19.8 Å². The van der Waals surface area contributed by atoms with Crippen molar-refractivity contribution in [2.24, 2.45) is 0 Å². The lowest BCUT2D eigenvalue weighted by Gasteiger charge is -2.37. The van der Waals surface area contributed by atoms with Crippen molar-refractivity contribution in [3.05, 3.63) is 24.3 Å². The maximum absolute atomic E-state index is 13.0. The lowest BCUT2D eigenvalue weighted by atomic mass is 10.2. The Labute approximate surface area is 177 Å². The summed E-state index contributed by atoms with van der Waals surface area (Å²) in [5.41, 5.74) is 1.33. The molecule has 3 aliphatic rings. The van der Waals surface area contributed by atoms with Gasteiger partial charge in [-0.15, -0.1) is 0 Å². The Bertz CT molecular complexity index is 890. The minimum absolute atomic E-state index is 0.000842. The van der Waals surface area contributed by atoms with Crippen LogP contribution >= 0.6 is 0 Å². The number of hydrogen-bond acceptors (Lipinski definition) is 5. The molecular weight excluding hydrogens is 406 g/mol. The molecule has 0 saturated carbocycles. The van der Waals surface area contributed by atoms with E-state index in [1.54, 1.807) is 14.7 Å². The molecule has 4 rings (SSSR count). The number of amides is 2. The van der Waals surface area contributed by atoms with Gasteiger partial charge in [-0.1, -0.05) is 25.0 Å². The summed E-state index contributed by atoms with van der Waals surface area (Å²) >= 11 is 0. The van der Waals surface area contributed by atoms with Gasteiger partial charge in [-0.05, 0) is 25.0 Å². The van der Waals surface area contributed by atoms with Gasteiger partial charge in [-0.3, -0.25) is 19.4 Å². The first-order valence-corrected chi connectivity index (χ1v) is 12.0. The summed E-state index contributed by atoms with van der Waals surface area (Å²) < 4.78 is 29.1. The minimum Gasteiger partial charge on any atom is -0.323 e. The lowest BCUT2D eigenvalue weighted by Crippen LogP contribution is -2.55. The quantitative estimate of drug-likeness (QED) is 0.752. The zero-order chi connectivity index (χ0) is 21.1. The van der Waals surface area contributed by atoms with Crippen molar-refractivity contribution in [3.63, 3.8) is 0 Å². The number of para-hydroxylation sites is 2. The van der Waals surface area contributed by atoms with Gasteiger partial charge in [0.1, 0.15) is 6.54 Å². The molecule has 0 spiro atoms. The Morgan fingerprint density at radius 1 is 0.900 bits per heavy atom. The molecule has 2 saturated heterocycles. The van der Waals surface area contributed by atoms with Gasteiger partial charge in [0.15, 0.2) is 0 Å². The number of benzene rings is 1. The Hall–Kier alpha value is -2.01. The Kier molecular flexibility index (Phi) is 6.37. The predicted molar refractivity (Wildman–Crippen MR) is 114 cm³/mol. The molecule has 3 heterocycles. The fraction of sp³-hybridized carbons (Fsp3) is 0.600. The molecule has 0 bridgehead atoms. The molecule has 2 amide bonds. The van der Waals surface area contributed by atoms with Crippen molar-refractivity contribution in [1.29, 1.82) is 0 Å². The van der Waals surface area contributed by atoms with Crippen molar-refractivity contribution in [3.8, 4) is 0 Å². The highest BCUT2D eigenvalue weighted by molar-refractivity contribution is 7.86. The van der Waals surface area contributed by atoms with Crippen LogP contribution < -0.4 is 10.2 Å². The molecule has 30 heavy (non-hydrogen) atoms. The SMILES string of the molecule is O=C1CN(C(=O)CN2CCN(S(=O)(=O)N3CCCCCC3)CC2)c2ccccc2N1. The van der Waals surface area contributed by atoms with Crippen LogP contribution in [0.1, 0.15) is 25.7 Å². The minimum atomic E-state index is -3.44. The molecule has 0 aliphatic carbocycles. The van der Waals surface area contributed by atoms with Gasteiger partial charge in [-0.25, -0.2) is 0 Å². The summed E-state index contributed by atoms with van der Waals surface area (Å²) in [6.45, 7) is 3.11. The van der Waals surface area contributed by atoms with Crippen LogP contribution in [0.4, 0.5) is 11.4 Å². The molecule has 1 N–H and O–H groups in total. The number of carbonyl (C=O) groups excluding carboxylic acids is 2. The average molecular weight is 436 g/mol. The molecule has 0 atom stereocenters. The second-order valence-corrected chi connectivity index (χ2v) is 9.97. The number of fused-ring (bicyclic) bond motifs is 1. The van der Waals surface area contributed by atoms with Gasteiger partial charge in [0.25, 0.3) is 10.2 Å². The average Bonchev–Trinajstić information content (AvgIpc) is 3.03. The highest BCUT2D eigenvalue weighted by Crippen LogP contribution is 2.29. The summed E-state index contributed by atoms with van der Waals surface area (Å²) in [6, 6.07) is 7.25. The van der Waals surface area contributed by atoms with E-state index in [9.17, 15) is 18.0 Å². The fourth-order valence-electron chi connectivity index (χ4n) is 4.29. The number of hydrogen-bond donors (Lipinski definition) is 1. The predicted octanol–water partition coefficient (Wildman–Crippen LogP) is 0.710. The van der Waals surface area contributed by atoms with Crippen molar-refractivity contribution < 1.29 is 18.0 Å². The fourth-order valence-corrected chi connectivity index (χ4v) is 5.96. The lowest BCUT2D eigenvalue weighted by molar-refractivity contribution is -0.122. The van der Waals surface area contributed by atoms with Crippen LogP contribution in [0.25, 0.3) is 0 Å². The van der Waals surface area contributed by atoms with Gasteiger partial charge in [0.05, 0.1) is 17.9 Å². The van der Waals surface area contributed by atoms with Gasteiger partial charge < -0.3 is 5.32 Å². The molecule has 1 aromatic rings. The van der Waals surface area contributed by atoms with Crippen molar-refractivity contribution in [1.82, 2.24) is 13.5 Å². The smallest absolute Gasteiger partial charge is 0.282 e. The van der Waals surface area contributed by atoms with Crippen LogP contribution in [0.15, 0.2) is 24.3 Å². The molecule has 2 fully saturated rings. The Balaban J connectivity index is 1.35. The van der Waals surface area contributed by atoms with E-state index >= 15 is 0 Å². The third-order valence-corrected chi connectivity index (χ3v) is 8.01. The normalized spacial score (nSPS) is 22.3. The number of nitrogens with one attached hydrogen (secondary N) is 1.